The first kappa shape index (κ1) is 104. The molecule has 0 bridgehead atoms. The molecular formula is C87H170O17P2. The molecule has 0 spiro atoms. The highest BCUT2D eigenvalue weighted by atomic mass is 31.2. The summed E-state index contributed by atoms with van der Waals surface area (Å²) >= 11 is 0. The average molecular weight is 1550 g/mol. The zero-order valence-electron chi connectivity index (χ0n) is 69.9. The molecule has 0 aromatic heterocycles. The maximum atomic E-state index is 13.2. The number of aliphatic hydroxyl groups is 1. The van der Waals surface area contributed by atoms with Crippen LogP contribution in [-0.2, 0) is 65.4 Å². The van der Waals surface area contributed by atoms with Gasteiger partial charge in [0.15, 0.2) is 12.2 Å². The van der Waals surface area contributed by atoms with Crippen LogP contribution in [0.4, 0.5) is 0 Å². The van der Waals surface area contributed by atoms with Crippen molar-refractivity contribution in [3.05, 3.63) is 0 Å². The van der Waals surface area contributed by atoms with E-state index in [0.29, 0.717) is 25.7 Å². The van der Waals surface area contributed by atoms with Crippen molar-refractivity contribution >= 4 is 39.5 Å². The van der Waals surface area contributed by atoms with Gasteiger partial charge in [0.2, 0.25) is 0 Å². The SMILES string of the molecule is CCCCCCCCCCCCCCCCCCCC(=O)O[C@H](COC(=O)CCCCCCCCCCC(C)C)COP(=O)(O)OC[C@H](O)COP(=O)(O)OC[C@@H](COC(=O)CCCCCCCCCCCCCCCCC(C)C)OC(=O)CCCCCCCCCCCCCCCCCCCCC(C)C. The van der Waals surface area contributed by atoms with Crippen molar-refractivity contribution in [1.29, 1.82) is 0 Å². The number of aliphatic hydroxyl groups excluding tert-OH is 1. The van der Waals surface area contributed by atoms with Crippen molar-refractivity contribution in [2.24, 2.45) is 17.8 Å². The molecule has 0 aromatic rings. The largest absolute Gasteiger partial charge is 0.472 e. The Balaban J connectivity index is 5.24. The van der Waals surface area contributed by atoms with E-state index in [-0.39, 0.29) is 25.7 Å². The minimum Gasteiger partial charge on any atom is -0.462 e. The first-order valence-electron chi connectivity index (χ1n) is 44.8. The van der Waals surface area contributed by atoms with Crippen LogP contribution in [0.15, 0.2) is 0 Å². The molecule has 5 atom stereocenters. The third-order valence-electron chi connectivity index (χ3n) is 20.4. The van der Waals surface area contributed by atoms with Gasteiger partial charge in [-0.2, -0.15) is 0 Å². The Morgan fingerprint density at radius 3 is 0.642 bits per heavy atom. The lowest BCUT2D eigenvalue weighted by Crippen LogP contribution is -2.30. The third-order valence-corrected chi connectivity index (χ3v) is 22.3. The van der Waals surface area contributed by atoms with E-state index in [1.165, 1.54) is 270 Å². The molecule has 17 nitrogen and oxygen atoms in total. The second kappa shape index (κ2) is 77.0. The molecule has 0 aliphatic carbocycles. The third kappa shape index (κ3) is 80.1. The summed E-state index contributed by atoms with van der Waals surface area (Å²) in [6.07, 6.45) is 68.1. The lowest BCUT2D eigenvalue weighted by atomic mass is 10.0. The Kier molecular flexibility index (Phi) is 75.6. The van der Waals surface area contributed by atoms with Crippen LogP contribution in [0.1, 0.15) is 459 Å². The van der Waals surface area contributed by atoms with Crippen LogP contribution in [0.3, 0.4) is 0 Å². The topological polar surface area (TPSA) is 237 Å². The second-order valence-corrected chi connectivity index (χ2v) is 35.6. The van der Waals surface area contributed by atoms with E-state index in [0.717, 1.165) is 108 Å². The average Bonchev–Trinajstić information content (AvgIpc) is 0.907. The van der Waals surface area contributed by atoms with Crippen LogP contribution < -0.4 is 0 Å². The van der Waals surface area contributed by atoms with Crippen molar-refractivity contribution < 1.29 is 80.2 Å². The molecule has 0 amide bonds. The molecule has 0 heterocycles. The Hall–Kier alpha value is -1.94. The normalized spacial score (nSPS) is 13.9. The van der Waals surface area contributed by atoms with Gasteiger partial charge in [-0.3, -0.25) is 37.3 Å². The number of rotatable bonds is 85. The molecule has 0 aliphatic heterocycles. The van der Waals surface area contributed by atoms with Gasteiger partial charge in [0.25, 0.3) is 0 Å². The van der Waals surface area contributed by atoms with E-state index in [1.54, 1.807) is 0 Å². The van der Waals surface area contributed by atoms with Crippen LogP contribution in [0.25, 0.3) is 0 Å². The van der Waals surface area contributed by atoms with E-state index in [4.69, 9.17) is 37.0 Å². The second-order valence-electron chi connectivity index (χ2n) is 32.7. The minimum absolute atomic E-state index is 0.108. The first-order valence-corrected chi connectivity index (χ1v) is 47.8. The Bertz CT molecular complexity index is 2040. The van der Waals surface area contributed by atoms with Crippen molar-refractivity contribution in [3.8, 4) is 0 Å². The van der Waals surface area contributed by atoms with Gasteiger partial charge >= 0.3 is 39.5 Å². The first-order chi connectivity index (χ1) is 51.2. The fourth-order valence-corrected chi connectivity index (χ4v) is 15.1. The predicted octanol–water partition coefficient (Wildman–Crippen LogP) is 26.5. The molecule has 630 valence electrons. The quantitative estimate of drug-likeness (QED) is 0.0222. The number of hydrogen-bond donors (Lipinski definition) is 3. The van der Waals surface area contributed by atoms with E-state index >= 15 is 0 Å². The van der Waals surface area contributed by atoms with E-state index < -0.39 is 97.5 Å². The number of esters is 4. The van der Waals surface area contributed by atoms with Crippen LogP contribution >= 0.6 is 15.6 Å². The van der Waals surface area contributed by atoms with Crippen LogP contribution in [-0.4, -0.2) is 96.7 Å². The number of carbonyl (C=O) groups excluding carboxylic acids is 4. The van der Waals surface area contributed by atoms with Gasteiger partial charge in [-0.15, -0.1) is 0 Å². The summed E-state index contributed by atoms with van der Waals surface area (Å²) in [5.41, 5.74) is 0. The number of unbranched alkanes of at least 4 members (excludes halogenated alkanes) is 53. The lowest BCUT2D eigenvalue weighted by Gasteiger charge is -2.21. The Morgan fingerprint density at radius 1 is 0.255 bits per heavy atom. The lowest BCUT2D eigenvalue weighted by molar-refractivity contribution is -0.161. The number of hydrogen-bond acceptors (Lipinski definition) is 15. The zero-order chi connectivity index (χ0) is 77.9. The number of phosphoric ester groups is 2. The van der Waals surface area contributed by atoms with Crippen LogP contribution in [0.5, 0.6) is 0 Å². The molecule has 0 aliphatic rings. The van der Waals surface area contributed by atoms with E-state index in [2.05, 4.69) is 48.5 Å². The molecule has 0 saturated carbocycles. The maximum Gasteiger partial charge on any atom is 0.472 e. The standard InChI is InChI=1S/C87H170O17P2/c1-8-9-10-11-12-13-14-15-16-19-23-30-35-40-49-56-63-71-87(92)104-83(75-98-85(90)69-62-55-48-43-42-46-53-60-67-80(6)7)77-102-106(95,96)100-73-81(88)72-99-105(93,94)101-76-82(74-97-84(89)68-61-54-47-39-34-29-26-25-28-33-38-45-52-59-66-79(4)5)103-86(91)70-64-57-50-41-36-31-24-21-18-17-20-22-27-32-37-44-51-58-65-78(2)3/h78-83,88H,8-77H2,1-7H3,(H,93,94)(H,95,96)/t81-,82-,83-/m1/s1. The van der Waals surface area contributed by atoms with Crippen molar-refractivity contribution in [3.63, 3.8) is 0 Å². The molecule has 0 radical (unpaired) electrons. The fourth-order valence-electron chi connectivity index (χ4n) is 13.5. The van der Waals surface area contributed by atoms with Crippen molar-refractivity contribution in [1.82, 2.24) is 0 Å². The highest BCUT2D eigenvalue weighted by molar-refractivity contribution is 7.47. The molecule has 106 heavy (non-hydrogen) atoms. The fraction of sp³-hybridized carbons (Fsp3) is 0.954. The number of ether oxygens (including phenoxy) is 4. The predicted molar refractivity (Wildman–Crippen MR) is 437 cm³/mol. The molecule has 3 N–H and O–H groups in total. The van der Waals surface area contributed by atoms with Gasteiger partial charge in [-0.05, 0) is 43.4 Å². The van der Waals surface area contributed by atoms with Gasteiger partial charge in [-0.1, -0.05) is 408 Å². The van der Waals surface area contributed by atoms with Gasteiger partial charge in [0.1, 0.15) is 19.3 Å². The van der Waals surface area contributed by atoms with Gasteiger partial charge < -0.3 is 33.8 Å². The molecule has 0 aromatic carbocycles. The highest BCUT2D eigenvalue weighted by Gasteiger charge is 2.30. The molecule has 19 heteroatoms. The monoisotopic (exact) mass is 1550 g/mol. The summed E-state index contributed by atoms with van der Waals surface area (Å²) in [6, 6.07) is 0. The summed E-state index contributed by atoms with van der Waals surface area (Å²) in [5, 5.41) is 10.7. The number of carbonyl (C=O) groups is 4. The van der Waals surface area contributed by atoms with Crippen molar-refractivity contribution in [2.45, 2.75) is 478 Å². The summed E-state index contributed by atoms with van der Waals surface area (Å²) in [4.78, 5) is 73.3. The molecular weight excluding hydrogens is 1380 g/mol. The highest BCUT2D eigenvalue weighted by Crippen LogP contribution is 2.45. The maximum absolute atomic E-state index is 13.2. The minimum atomic E-state index is -4.97. The Morgan fingerprint density at radius 2 is 0.434 bits per heavy atom. The zero-order valence-corrected chi connectivity index (χ0v) is 71.7. The molecule has 0 saturated heterocycles. The van der Waals surface area contributed by atoms with Crippen molar-refractivity contribution in [2.75, 3.05) is 39.6 Å². The number of phosphoric acid groups is 2. The van der Waals surface area contributed by atoms with Crippen LogP contribution in [0.2, 0.25) is 0 Å². The van der Waals surface area contributed by atoms with Gasteiger partial charge in [-0.25, -0.2) is 9.13 Å². The smallest absolute Gasteiger partial charge is 0.462 e. The summed E-state index contributed by atoms with van der Waals surface area (Å²) in [5.74, 6) is 0.243. The van der Waals surface area contributed by atoms with E-state index in [1.807, 2.05) is 0 Å². The van der Waals surface area contributed by atoms with E-state index in [9.17, 15) is 43.2 Å². The summed E-state index contributed by atoms with van der Waals surface area (Å²) in [6.45, 7) is 12.0. The Labute approximate surface area is 651 Å². The van der Waals surface area contributed by atoms with Gasteiger partial charge in [0, 0.05) is 25.7 Å². The van der Waals surface area contributed by atoms with Crippen LogP contribution in [0, 0.1) is 17.8 Å². The molecule has 0 fully saturated rings. The van der Waals surface area contributed by atoms with Gasteiger partial charge in [0.05, 0.1) is 26.4 Å². The summed E-state index contributed by atoms with van der Waals surface area (Å²) in [7, 11) is -9.93. The summed E-state index contributed by atoms with van der Waals surface area (Å²) < 4.78 is 68.9. The molecule has 0 rings (SSSR count). The molecule has 2 unspecified atom stereocenters.